The molecule has 1 fully saturated rings. The highest BCUT2D eigenvalue weighted by atomic mass is 19.4. The Bertz CT molecular complexity index is 1090. The van der Waals surface area contributed by atoms with E-state index in [9.17, 15) is 18.0 Å². The molecule has 3 heterocycles. The van der Waals surface area contributed by atoms with Gasteiger partial charge in [-0.3, -0.25) is 9.48 Å². The van der Waals surface area contributed by atoms with Crippen LogP contribution in [-0.2, 0) is 11.8 Å². The highest BCUT2D eigenvalue weighted by Gasteiger charge is 2.38. The predicted octanol–water partition coefficient (Wildman–Crippen LogP) is 3.09. The lowest BCUT2D eigenvalue weighted by Gasteiger charge is -2.23. The van der Waals surface area contributed by atoms with Crippen molar-refractivity contribution >= 4 is 29.0 Å². The Morgan fingerprint density at radius 3 is 2.44 bits per heavy atom. The van der Waals surface area contributed by atoms with E-state index in [4.69, 9.17) is 9.90 Å². The molecule has 0 spiro atoms. The number of alkyl halides is 3. The molecule has 172 valence electrons. The van der Waals surface area contributed by atoms with E-state index in [-0.39, 0.29) is 5.91 Å². The van der Waals surface area contributed by atoms with Crippen molar-refractivity contribution in [2.75, 3.05) is 10.6 Å². The van der Waals surface area contributed by atoms with Gasteiger partial charge in [0.25, 0.3) is 5.91 Å². The maximum atomic E-state index is 12.5. The summed E-state index contributed by atoms with van der Waals surface area (Å²) in [6, 6.07) is 2.36. The van der Waals surface area contributed by atoms with Crippen LogP contribution in [-0.4, -0.2) is 53.6 Å². The highest BCUT2D eigenvalue weighted by Crippen LogP contribution is 2.21. The zero-order valence-corrected chi connectivity index (χ0v) is 17.1. The lowest BCUT2D eigenvalue weighted by atomic mass is 9.95. The number of halogens is 3. The first-order valence-corrected chi connectivity index (χ1v) is 9.84. The van der Waals surface area contributed by atoms with Crippen LogP contribution in [0.2, 0.25) is 0 Å². The summed E-state index contributed by atoms with van der Waals surface area (Å²) in [7, 11) is 1.80. The minimum atomic E-state index is -5.08. The maximum Gasteiger partial charge on any atom is 0.490 e. The van der Waals surface area contributed by atoms with Crippen molar-refractivity contribution in [2.24, 2.45) is 7.05 Å². The van der Waals surface area contributed by atoms with Crippen molar-refractivity contribution in [1.82, 2.24) is 24.4 Å². The van der Waals surface area contributed by atoms with E-state index in [0.717, 1.165) is 5.82 Å². The average molecular weight is 453 g/mol. The SMILES string of the molecule is Cn1cc(NC(=O)c2cnn3ccc(NC4CCCCC4)nc23)cn1.O=C(O)C(F)(F)F. The van der Waals surface area contributed by atoms with Gasteiger partial charge < -0.3 is 15.7 Å². The molecule has 0 bridgehead atoms. The fourth-order valence-electron chi connectivity index (χ4n) is 3.25. The van der Waals surface area contributed by atoms with Gasteiger partial charge in [-0.05, 0) is 18.9 Å². The molecule has 4 rings (SSSR count). The van der Waals surface area contributed by atoms with Gasteiger partial charge in [0.2, 0.25) is 0 Å². The highest BCUT2D eigenvalue weighted by molar-refractivity contribution is 6.08. The van der Waals surface area contributed by atoms with E-state index in [1.807, 2.05) is 12.3 Å². The minimum absolute atomic E-state index is 0.245. The molecule has 1 aliphatic carbocycles. The molecule has 0 radical (unpaired) electrons. The Labute approximate surface area is 180 Å². The van der Waals surface area contributed by atoms with Crippen LogP contribution >= 0.6 is 0 Å². The summed E-state index contributed by atoms with van der Waals surface area (Å²) in [6.07, 6.45) is 7.79. The van der Waals surface area contributed by atoms with Gasteiger partial charge in [0.05, 0.1) is 18.1 Å². The van der Waals surface area contributed by atoms with Crippen molar-refractivity contribution in [3.05, 3.63) is 36.4 Å². The van der Waals surface area contributed by atoms with Gasteiger partial charge in [0, 0.05) is 25.5 Å². The number of anilines is 2. The zero-order valence-electron chi connectivity index (χ0n) is 17.1. The zero-order chi connectivity index (χ0) is 23.3. The Morgan fingerprint density at radius 1 is 1.16 bits per heavy atom. The second kappa shape index (κ2) is 9.66. The molecular formula is C19H22F3N7O3. The third kappa shape index (κ3) is 5.95. The fourth-order valence-corrected chi connectivity index (χ4v) is 3.25. The van der Waals surface area contributed by atoms with E-state index < -0.39 is 12.1 Å². The largest absolute Gasteiger partial charge is 0.490 e. The number of aliphatic carboxylic acids is 1. The van der Waals surface area contributed by atoms with Gasteiger partial charge in [-0.15, -0.1) is 0 Å². The summed E-state index contributed by atoms with van der Waals surface area (Å²) >= 11 is 0. The minimum Gasteiger partial charge on any atom is -0.475 e. The molecule has 1 saturated carbocycles. The predicted molar refractivity (Wildman–Crippen MR) is 108 cm³/mol. The average Bonchev–Trinajstić information content (AvgIpc) is 3.34. The molecule has 3 aromatic rings. The Morgan fingerprint density at radius 2 is 1.84 bits per heavy atom. The summed E-state index contributed by atoms with van der Waals surface area (Å²) in [4.78, 5) is 26.0. The van der Waals surface area contributed by atoms with Crippen molar-refractivity contribution in [1.29, 1.82) is 0 Å². The summed E-state index contributed by atoms with van der Waals surface area (Å²) in [5, 5.41) is 21.7. The van der Waals surface area contributed by atoms with Crippen LogP contribution in [0.25, 0.3) is 5.65 Å². The second-order valence-electron chi connectivity index (χ2n) is 7.28. The molecule has 0 aliphatic heterocycles. The van der Waals surface area contributed by atoms with E-state index >= 15 is 0 Å². The van der Waals surface area contributed by atoms with Crippen LogP contribution in [0.1, 0.15) is 42.5 Å². The molecule has 3 N–H and O–H groups in total. The number of amides is 1. The standard InChI is InChI=1S/C17H21N7O.C2HF3O2/c1-23-11-13(9-18-23)21-17(25)14-10-19-24-8-7-15(22-16(14)24)20-12-5-3-2-4-6-12;3-2(4,5)1(6)7/h7-12H,2-6H2,1H3,(H,20,22)(H,21,25);(H,6,7). The number of hydrogen-bond donors (Lipinski definition) is 3. The second-order valence-corrected chi connectivity index (χ2v) is 7.28. The lowest BCUT2D eigenvalue weighted by molar-refractivity contribution is -0.192. The third-order valence-electron chi connectivity index (χ3n) is 4.78. The number of aryl methyl sites for hydroxylation is 1. The summed E-state index contributed by atoms with van der Waals surface area (Å²) in [6.45, 7) is 0. The molecule has 1 amide bonds. The van der Waals surface area contributed by atoms with Crippen LogP contribution in [0, 0.1) is 0 Å². The lowest BCUT2D eigenvalue weighted by Crippen LogP contribution is -2.23. The van der Waals surface area contributed by atoms with Gasteiger partial charge in [-0.2, -0.15) is 23.4 Å². The topological polar surface area (TPSA) is 126 Å². The van der Waals surface area contributed by atoms with E-state index in [1.165, 1.54) is 32.1 Å². The quantitative estimate of drug-likeness (QED) is 0.554. The van der Waals surface area contributed by atoms with Gasteiger partial charge >= 0.3 is 12.1 Å². The Balaban J connectivity index is 0.000000360. The molecule has 1 aliphatic rings. The molecule has 0 aromatic carbocycles. The van der Waals surface area contributed by atoms with E-state index in [0.29, 0.717) is 22.9 Å². The van der Waals surface area contributed by atoms with Gasteiger partial charge in [0.1, 0.15) is 11.4 Å². The number of nitrogens with zero attached hydrogens (tertiary/aromatic N) is 5. The first-order chi connectivity index (χ1) is 15.1. The van der Waals surface area contributed by atoms with Crippen LogP contribution in [0.5, 0.6) is 0 Å². The number of carboxylic acids is 1. The van der Waals surface area contributed by atoms with Gasteiger partial charge in [-0.25, -0.2) is 14.3 Å². The molecule has 32 heavy (non-hydrogen) atoms. The van der Waals surface area contributed by atoms with Crippen molar-refractivity contribution in [3.8, 4) is 0 Å². The number of aromatic nitrogens is 5. The molecule has 0 atom stereocenters. The monoisotopic (exact) mass is 453 g/mol. The van der Waals surface area contributed by atoms with Gasteiger partial charge in [0.15, 0.2) is 5.65 Å². The first kappa shape index (κ1) is 23.0. The Kier molecular flexibility index (Phi) is 6.95. The summed E-state index contributed by atoms with van der Waals surface area (Å²) in [5.41, 5.74) is 1.63. The van der Waals surface area contributed by atoms with Crippen molar-refractivity contribution in [3.63, 3.8) is 0 Å². The molecular weight excluding hydrogens is 431 g/mol. The third-order valence-corrected chi connectivity index (χ3v) is 4.78. The van der Waals surface area contributed by atoms with Crippen LogP contribution < -0.4 is 10.6 Å². The number of rotatable bonds is 4. The molecule has 3 aromatic heterocycles. The van der Waals surface area contributed by atoms with Crippen molar-refractivity contribution < 1.29 is 27.9 Å². The number of carbonyl (C=O) groups excluding carboxylic acids is 1. The summed E-state index contributed by atoms with van der Waals surface area (Å²) in [5.74, 6) is -2.21. The number of fused-ring (bicyclic) bond motifs is 1. The number of nitrogens with one attached hydrogen (secondary N) is 2. The van der Waals surface area contributed by atoms with Crippen LogP contribution in [0.3, 0.4) is 0 Å². The molecule has 0 saturated heterocycles. The van der Waals surface area contributed by atoms with Crippen molar-refractivity contribution in [2.45, 2.75) is 44.3 Å². The summed E-state index contributed by atoms with van der Waals surface area (Å²) < 4.78 is 35.0. The molecule has 13 heteroatoms. The normalized spacial score (nSPS) is 14.5. The van der Waals surface area contributed by atoms with Gasteiger partial charge in [-0.1, -0.05) is 19.3 Å². The molecule has 10 nitrogen and oxygen atoms in total. The first-order valence-electron chi connectivity index (χ1n) is 9.84. The number of hydrogen-bond acceptors (Lipinski definition) is 6. The van der Waals surface area contributed by atoms with Crippen LogP contribution in [0.4, 0.5) is 24.7 Å². The molecule has 0 unspecified atom stereocenters. The smallest absolute Gasteiger partial charge is 0.475 e. The maximum absolute atomic E-state index is 12.5. The fraction of sp³-hybridized carbons (Fsp3) is 0.421. The Hall–Kier alpha value is -3.64. The van der Waals surface area contributed by atoms with E-state index in [1.54, 1.807) is 34.8 Å². The van der Waals surface area contributed by atoms with E-state index in [2.05, 4.69) is 25.8 Å². The number of carboxylic acid groups (broad SMARTS) is 1. The van der Waals surface area contributed by atoms with Crippen LogP contribution in [0.15, 0.2) is 30.9 Å². The number of carbonyl (C=O) groups is 2.